The van der Waals surface area contributed by atoms with Crippen LogP contribution in [0.15, 0.2) is 24.4 Å². The van der Waals surface area contributed by atoms with Crippen LogP contribution >= 0.6 is 0 Å². The van der Waals surface area contributed by atoms with Gasteiger partial charge in [-0.05, 0) is 13.0 Å². The quantitative estimate of drug-likeness (QED) is 0.560. The monoisotopic (exact) mass is 249 g/mol. The van der Waals surface area contributed by atoms with Gasteiger partial charge < -0.3 is 5.73 Å². The van der Waals surface area contributed by atoms with Crippen molar-refractivity contribution in [3.63, 3.8) is 0 Å². The number of benzene rings is 1. The van der Waals surface area contributed by atoms with E-state index < -0.39 is 6.04 Å². The molecule has 0 aliphatic heterocycles. The normalized spacial score (nSPS) is 12.7. The number of anilines is 1. The molecule has 1 atom stereocenters. The van der Waals surface area contributed by atoms with Gasteiger partial charge in [-0.25, -0.2) is 9.82 Å². The van der Waals surface area contributed by atoms with Gasteiger partial charge >= 0.3 is 0 Å². The Morgan fingerprint density at radius 2 is 2.11 bits per heavy atom. The van der Waals surface area contributed by atoms with Gasteiger partial charge in [-0.1, -0.05) is 17.7 Å². The summed E-state index contributed by atoms with van der Waals surface area (Å²) in [5.74, 6) is 5.65. The number of rotatable bonds is 3. The van der Waals surface area contributed by atoms with Crippen molar-refractivity contribution in [1.82, 2.24) is 15.2 Å². The van der Waals surface area contributed by atoms with Crippen molar-refractivity contribution in [3.05, 3.63) is 46.9 Å². The van der Waals surface area contributed by atoms with Crippen molar-refractivity contribution in [1.29, 1.82) is 0 Å². The Morgan fingerprint density at radius 3 is 2.67 bits per heavy atom. The van der Waals surface area contributed by atoms with Gasteiger partial charge in [-0.2, -0.15) is 5.10 Å². The minimum atomic E-state index is -0.515. The van der Waals surface area contributed by atoms with Crippen LogP contribution in [-0.4, -0.2) is 9.78 Å². The molecule has 18 heavy (non-hydrogen) atoms. The molecule has 1 aromatic carbocycles. The van der Waals surface area contributed by atoms with Crippen molar-refractivity contribution in [2.45, 2.75) is 13.0 Å². The summed E-state index contributed by atoms with van der Waals surface area (Å²) in [5.41, 5.74) is 10.5. The van der Waals surface area contributed by atoms with E-state index >= 15 is 0 Å². The van der Waals surface area contributed by atoms with Crippen LogP contribution in [0, 0.1) is 12.7 Å². The number of hydrogen-bond acceptors (Lipinski definition) is 4. The lowest BCUT2D eigenvalue weighted by Gasteiger charge is -2.17. The van der Waals surface area contributed by atoms with E-state index in [0.717, 1.165) is 5.56 Å². The molecule has 96 valence electrons. The van der Waals surface area contributed by atoms with Gasteiger partial charge in [0.1, 0.15) is 11.6 Å². The Labute approximate surface area is 105 Å². The number of hydrazine groups is 1. The van der Waals surface area contributed by atoms with Crippen LogP contribution in [0.4, 0.5) is 10.2 Å². The van der Waals surface area contributed by atoms with Crippen LogP contribution in [-0.2, 0) is 7.05 Å². The van der Waals surface area contributed by atoms with Gasteiger partial charge in [-0.3, -0.25) is 10.5 Å². The Bertz CT molecular complexity index is 564. The second kappa shape index (κ2) is 4.75. The molecule has 2 rings (SSSR count). The van der Waals surface area contributed by atoms with Gasteiger partial charge in [0.05, 0.1) is 12.2 Å². The molecule has 0 saturated carbocycles. The fourth-order valence-corrected chi connectivity index (χ4v) is 1.92. The zero-order valence-electron chi connectivity index (χ0n) is 10.3. The van der Waals surface area contributed by atoms with E-state index in [2.05, 4.69) is 10.5 Å². The van der Waals surface area contributed by atoms with Crippen molar-refractivity contribution < 1.29 is 4.39 Å². The highest BCUT2D eigenvalue weighted by Crippen LogP contribution is 2.28. The number of nitrogen functional groups attached to an aromatic ring is 1. The van der Waals surface area contributed by atoms with E-state index in [1.807, 2.05) is 6.92 Å². The maximum atomic E-state index is 13.9. The molecule has 0 spiro atoms. The molecule has 0 radical (unpaired) electrons. The van der Waals surface area contributed by atoms with Gasteiger partial charge in [0.2, 0.25) is 0 Å². The molecule has 0 bridgehead atoms. The first kappa shape index (κ1) is 12.5. The van der Waals surface area contributed by atoms with Crippen LogP contribution < -0.4 is 17.0 Å². The number of aryl methyl sites for hydroxylation is 2. The van der Waals surface area contributed by atoms with E-state index in [1.165, 1.54) is 10.7 Å². The summed E-state index contributed by atoms with van der Waals surface area (Å²) in [6.07, 6.45) is 1.58. The van der Waals surface area contributed by atoms with Gasteiger partial charge in [-0.15, -0.1) is 0 Å². The fraction of sp³-hybridized carbons (Fsp3) is 0.250. The molecule has 0 saturated heterocycles. The summed E-state index contributed by atoms with van der Waals surface area (Å²) in [7, 11) is 1.72. The lowest BCUT2D eigenvalue weighted by Crippen LogP contribution is -2.30. The molecule has 5 N–H and O–H groups in total. The van der Waals surface area contributed by atoms with Crippen LogP contribution in [0.2, 0.25) is 0 Å². The number of nitrogens with zero attached hydrogens (tertiary/aromatic N) is 2. The van der Waals surface area contributed by atoms with E-state index in [-0.39, 0.29) is 5.82 Å². The molecule has 0 fully saturated rings. The Balaban J connectivity index is 2.51. The summed E-state index contributed by atoms with van der Waals surface area (Å²) in [5, 5.41) is 4.04. The first-order chi connectivity index (χ1) is 8.54. The van der Waals surface area contributed by atoms with E-state index in [9.17, 15) is 4.39 Å². The molecule has 6 heteroatoms. The third kappa shape index (κ3) is 2.07. The van der Waals surface area contributed by atoms with Crippen LogP contribution in [0.1, 0.15) is 22.7 Å². The third-order valence-corrected chi connectivity index (χ3v) is 2.95. The lowest BCUT2D eigenvalue weighted by molar-refractivity contribution is 0.560. The molecule has 5 nitrogen and oxygen atoms in total. The topological polar surface area (TPSA) is 81.9 Å². The number of halogens is 1. The van der Waals surface area contributed by atoms with E-state index in [0.29, 0.717) is 16.9 Å². The molecule has 0 amide bonds. The first-order valence-corrected chi connectivity index (χ1v) is 5.54. The van der Waals surface area contributed by atoms with Crippen molar-refractivity contribution in [3.8, 4) is 0 Å². The minimum Gasteiger partial charge on any atom is -0.384 e. The second-order valence-corrected chi connectivity index (χ2v) is 4.23. The highest BCUT2D eigenvalue weighted by Gasteiger charge is 2.21. The molecule has 1 unspecified atom stereocenters. The molecule has 1 aromatic heterocycles. The maximum absolute atomic E-state index is 13.9. The fourth-order valence-electron chi connectivity index (χ4n) is 1.92. The molecule has 0 aliphatic rings. The first-order valence-electron chi connectivity index (χ1n) is 5.54. The standard InChI is InChI=1S/C12H16FN5/c1-7-3-4-10(13)8(5-7)11(17-15)9-6-16-18(2)12(9)14/h3-6,11,17H,14-15H2,1-2H3. The Morgan fingerprint density at radius 1 is 1.39 bits per heavy atom. The van der Waals surface area contributed by atoms with E-state index in [4.69, 9.17) is 11.6 Å². The summed E-state index contributed by atoms with van der Waals surface area (Å²) in [4.78, 5) is 0. The zero-order chi connectivity index (χ0) is 13.3. The second-order valence-electron chi connectivity index (χ2n) is 4.23. The zero-order valence-corrected chi connectivity index (χ0v) is 10.3. The molecular formula is C12H16FN5. The van der Waals surface area contributed by atoms with Crippen LogP contribution in [0.5, 0.6) is 0 Å². The Hall–Kier alpha value is -1.92. The minimum absolute atomic E-state index is 0.327. The lowest BCUT2D eigenvalue weighted by atomic mass is 9.99. The van der Waals surface area contributed by atoms with Gasteiger partial charge in [0.15, 0.2) is 0 Å². The number of nitrogens with one attached hydrogen (secondary N) is 1. The summed E-state index contributed by atoms with van der Waals surface area (Å²) in [6, 6.07) is 4.35. The molecule has 1 heterocycles. The average molecular weight is 249 g/mol. The Kier molecular flexibility index (Phi) is 3.31. The summed E-state index contributed by atoms with van der Waals surface area (Å²) in [6.45, 7) is 1.89. The highest BCUT2D eigenvalue weighted by atomic mass is 19.1. The average Bonchev–Trinajstić information content (AvgIpc) is 2.67. The third-order valence-electron chi connectivity index (χ3n) is 2.95. The number of nitrogens with two attached hydrogens (primary N) is 2. The van der Waals surface area contributed by atoms with Crippen LogP contribution in [0.3, 0.4) is 0 Å². The van der Waals surface area contributed by atoms with Crippen molar-refractivity contribution in [2.75, 3.05) is 5.73 Å². The predicted octanol–water partition coefficient (Wildman–Crippen LogP) is 1.00. The molecule has 2 aromatic rings. The van der Waals surface area contributed by atoms with E-state index in [1.54, 1.807) is 25.4 Å². The summed E-state index contributed by atoms with van der Waals surface area (Å²) >= 11 is 0. The number of hydrogen-bond donors (Lipinski definition) is 3. The maximum Gasteiger partial charge on any atom is 0.128 e. The largest absolute Gasteiger partial charge is 0.384 e. The summed E-state index contributed by atoms with van der Waals surface area (Å²) < 4.78 is 15.4. The van der Waals surface area contributed by atoms with Gasteiger partial charge in [0.25, 0.3) is 0 Å². The predicted molar refractivity (Wildman–Crippen MR) is 67.9 cm³/mol. The number of aromatic nitrogens is 2. The smallest absolute Gasteiger partial charge is 0.128 e. The molecular weight excluding hydrogens is 233 g/mol. The SMILES string of the molecule is Cc1ccc(F)c(C(NN)c2cnn(C)c2N)c1. The van der Waals surface area contributed by atoms with Crippen LogP contribution in [0.25, 0.3) is 0 Å². The van der Waals surface area contributed by atoms with Crippen molar-refractivity contribution >= 4 is 5.82 Å². The highest BCUT2D eigenvalue weighted by molar-refractivity contribution is 5.46. The van der Waals surface area contributed by atoms with Crippen molar-refractivity contribution in [2.24, 2.45) is 12.9 Å². The molecule has 0 aliphatic carbocycles. The van der Waals surface area contributed by atoms with Gasteiger partial charge in [0, 0.05) is 18.2 Å².